The highest BCUT2D eigenvalue weighted by Gasteiger charge is 2.13. The lowest BCUT2D eigenvalue weighted by Crippen LogP contribution is -2.25. The Morgan fingerprint density at radius 3 is 2.71 bits per heavy atom. The molecule has 0 saturated heterocycles. The van der Waals surface area contributed by atoms with Gasteiger partial charge in [0.05, 0.1) is 5.69 Å². The Kier molecular flexibility index (Phi) is 5.48. The molecule has 0 atom stereocenters. The molecule has 0 aliphatic carbocycles. The first kappa shape index (κ1) is 14.0. The Labute approximate surface area is 105 Å². The van der Waals surface area contributed by atoms with Crippen LogP contribution in [-0.2, 0) is 6.42 Å². The lowest BCUT2D eigenvalue weighted by molar-refractivity contribution is 0.586. The summed E-state index contributed by atoms with van der Waals surface area (Å²) in [7, 11) is 4.11. The van der Waals surface area contributed by atoms with Crippen molar-refractivity contribution in [1.29, 1.82) is 0 Å². The SMILES string of the molecule is CCc1cn(C(C)C)c(N(C)CCCNC)n1. The van der Waals surface area contributed by atoms with Gasteiger partial charge >= 0.3 is 0 Å². The van der Waals surface area contributed by atoms with E-state index in [1.165, 1.54) is 5.69 Å². The highest BCUT2D eigenvalue weighted by Crippen LogP contribution is 2.19. The predicted molar refractivity (Wildman–Crippen MR) is 73.8 cm³/mol. The van der Waals surface area contributed by atoms with Gasteiger partial charge in [0, 0.05) is 25.8 Å². The van der Waals surface area contributed by atoms with Crippen LogP contribution in [0.15, 0.2) is 6.20 Å². The summed E-state index contributed by atoms with van der Waals surface area (Å²) < 4.78 is 2.26. The van der Waals surface area contributed by atoms with Crippen molar-refractivity contribution >= 4 is 5.95 Å². The molecule has 0 saturated carbocycles. The van der Waals surface area contributed by atoms with Crippen LogP contribution < -0.4 is 10.2 Å². The molecule has 0 aliphatic heterocycles. The summed E-state index contributed by atoms with van der Waals surface area (Å²) in [6, 6.07) is 0.463. The normalized spacial score (nSPS) is 11.2. The van der Waals surface area contributed by atoms with Gasteiger partial charge in [-0.2, -0.15) is 0 Å². The van der Waals surface area contributed by atoms with Crippen LogP contribution in [0.5, 0.6) is 0 Å². The maximum absolute atomic E-state index is 4.70. The Bertz CT molecular complexity index is 330. The van der Waals surface area contributed by atoms with Crippen LogP contribution in [-0.4, -0.2) is 36.7 Å². The molecular weight excluding hydrogens is 212 g/mol. The van der Waals surface area contributed by atoms with Gasteiger partial charge in [0.2, 0.25) is 5.95 Å². The molecule has 4 heteroatoms. The van der Waals surface area contributed by atoms with Crippen LogP contribution in [0.4, 0.5) is 5.95 Å². The average Bonchev–Trinajstić information content (AvgIpc) is 2.73. The van der Waals surface area contributed by atoms with Crippen molar-refractivity contribution in [2.24, 2.45) is 0 Å². The molecule has 1 N–H and O–H groups in total. The van der Waals surface area contributed by atoms with Crippen molar-refractivity contribution in [3.8, 4) is 0 Å². The van der Waals surface area contributed by atoms with Crippen LogP contribution in [0.25, 0.3) is 0 Å². The van der Waals surface area contributed by atoms with Gasteiger partial charge < -0.3 is 14.8 Å². The number of aryl methyl sites for hydroxylation is 1. The zero-order valence-electron chi connectivity index (χ0n) is 11.8. The van der Waals surface area contributed by atoms with Crippen molar-refractivity contribution in [1.82, 2.24) is 14.9 Å². The minimum absolute atomic E-state index is 0.463. The first-order valence-electron chi connectivity index (χ1n) is 6.53. The molecule has 1 rings (SSSR count). The van der Waals surface area contributed by atoms with E-state index in [4.69, 9.17) is 4.98 Å². The van der Waals surface area contributed by atoms with E-state index in [2.05, 4.69) is 48.8 Å². The zero-order chi connectivity index (χ0) is 12.8. The lowest BCUT2D eigenvalue weighted by Gasteiger charge is -2.21. The first-order valence-corrected chi connectivity index (χ1v) is 6.53. The number of nitrogens with zero attached hydrogens (tertiary/aromatic N) is 3. The van der Waals surface area contributed by atoms with Crippen molar-refractivity contribution < 1.29 is 0 Å². The van der Waals surface area contributed by atoms with E-state index < -0.39 is 0 Å². The predicted octanol–water partition coefficient (Wildman–Crippen LogP) is 2.07. The van der Waals surface area contributed by atoms with Crippen LogP contribution in [0.3, 0.4) is 0 Å². The summed E-state index contributed by atoms with van der Waals surface area (Å²) in [6.45, 7) is 8.64. The molecule has 0 aromatic carbocycles. The van der Waals surface area contributed by atoms with Crippen molar-refractivity contribution in [3.05, 3.63) is 11.9 Å². The molecule has 98 valence electrons. The van der Waals surface area contributed by atoms with Gasteiger partial charge in [0.15, 0.2) is 0 Å². The number of hydrogen-bond acceptors (Lipinski definition) is 3. The standard InChI is InChI=1S/C13H26N4/c1-6-12-10-17(11(2)3)13(15-12)16(5)9-7-8-14-4/h10-11,14H,6-9H2,1-5H3. The van der Waals surface area contributed by atoms with Gasteiger partial charge in [-0.15, -0.1) is 0 Å². The van der Waals surface area contributed by atoms with E-state index in [9.17, 15) is 0 Å². The molecule has 0 aliphatic rings. The van der Waals surface area contributed by atoms with Gasteiger partial charge in [0.25, 0.3) is 0 Å². The zero-order valence-corrected chi connectivity index (χ0v) is 11.8. The van der Waals surface area contributed by atoms with Crippen LogP contribution in [0.1, 0.15) is 38.9 Å². The molecule has 1 heterocycles. The van der Waals surface area contributed by atoms with Crippen LogP contribution >= 0.6 is 0 Å². The van der Waals surface area contributed by atoms with Gasteiger partial charge in [0.1, 0.15) is 0 Å². The Morgan fingerprint density at radius 1 is 1.47 bits per heavy atom. The molecule has 4 nitrogen and oxygen atoms in total. The van der Waals surface area contributed by atoms with E-state index in [-0.39, 0.29) is 0 Å². The number of hydrogen-bond donors (Lipinski definition) is 1. The fraction of sp³-hybridized carbons (Fsp3) is 0.769. The highest BCUT2D eigenvalue weighted by molar-refractivity contribution is 5.33. The Balaban J connectivity index is 2.76. The Morgan fingerprint density at radius 2 is 2.18 bits per heavy atom. The fourth-order valence-corrected chi connectivity index (χ4v) is 1.86. The summed E-state index contributed by atoms with van der Waals surface area (Å²) in [5.41, 5.74) is 1.18. The molecule has 0 amide bonds. The Hall–Kier alpha value is -1.03. The third-order valence-electron chi connectivity index (χ3n) is 2.94. The van der Waals surface area contributed by atoms with Crippen LogP contribution in [0.2, 0.25) is 0 Å². The number of nitrogens with one attached hydrogen (secondary N) is 1. The number of rotatable bonds is 7. The minimum Gasteiger partial charge on any atom is -0.345 e. The van der Waals surface area contributed by atoms with Crippen molar-refractivity contribution in [2.75, 3.05) is 32.1 Å². The van der Waals surface area contributed by atoms with E-state index >= 15 is 0 Å². The van der Waals surface area contributed by atoms with Crippen LogP contribution in [0, 0.1) is 0 Å². The third-order valence-corrected chi connectivity index (χ3v) is 2.94. The summed E-state index contributed by atoms with van der Waals surface area (Å²) in [4.78, 5) is 6.94. The topological polar surface area (TPSA) is 33.1 Å². The minimum atomic E-state index is 0.463. The summed E-state index contributed by atoms with van der Waals surface area (Å²) in [6.07, 6.45) is 4.31. The van der Waals surface area contributed by atoms with Crippen molar-refractivity contribution in [3.63, 3.8) is 0 Å². The van der Waals surface area contributed by atoms with Crippen molar-refractivity contribution in [2.45, 2.75) is 39.7 Å². The number of aromatic nitrogens is 2. The largest absolute Gasteiger partial charge is 0.345 e. The van der Waals surface area contributed by atoms with E-state index in [1.807, 2.05) is 7.05 Å². The second-order valence-electron chi connectivity index (χ2n) is 4.77. The van der Waals surface area contributed by atoms with E-state index in [1.54, 1.807) is 0 Å². The summed E-state index contributed by atoms with van der Waals surface area (Å²) in [5.74, 6) is 1.09. The van der Waals surface area contributed by atoms with Gasteiger partial charge in [-0.25, -0.2) is 4.98 Å². The molecular formula is C13H26N4. The molecule has 0 fully saturated rings. The molecule has 0 bridgehead atoms. The smallest absolute Gasteiger partial charge is 0.205 e. The first-order chi connectivity index (χ1) is 8.10. The maximum Gasteiger partial charge on any atom is 0.205 e. The average molecular weight is 238 g/mol. The third kappa shape index (κ3) is 3.73. The molecule has 1 aromatic rings. The molecule has 0 radical (unpaired) electrons. The van der Waals surface area contributed by atoms with E-state index in [0.29, 0.717) is 6.04 Å². The lowest BCUT2D eigenvalue weighted by atomic mass is 10.3. The monoisotopic (exact) mass is 238 g/mol. The van der Waals surface area contributed by atoms with Gasteiger partial charge in [-0.1, -0.05) is 6.92 Å². The fourth-order valence-electron chi connectivity index (χ4n) is 1.86. The van der Waals surface area contributed by atoms with Gasteiger partial charge in [-0.3, -0.25) is 0 Å². The number of anilines is 1. The maximum atomic E-state index is 4.70. The molecule has 17 heavy (non-hydrogen) atoms. The second-order valence-corrected chi connectivity index (χ2v) is 4.77. The highest BCUT2D eigenvalue weighted by atomic mass is 15.3. The summed E-state index contributed by atoms with van der Waals surface area (Å²) in [5, 5.41) is 3.17. The molecule has 0 unspecified atom stereocenters. The molecule has 0 spiro atoms. The number of imidazole rings is 1. The summed E-state index contributed by atoms with van der Waals surface area (Å²) >= 11 is 0. The van der Waals surface area contributed by atoms with Gasteiger partial charge in [-0.05, 0) is 40.3 Å². The quantitative estimate of drug-likeness (QED) is 0.738. The van der Waals surface area contributed by atoms with E-state index in [0.717, 1.165) is 31.9 Å². The second kappa shape index (κ2) is 6.64. The molecule has 1 aromatic heterocycles.